The summed E-state index contributed by atoms with van der Waals surface area (Å²) < 4.78 is 32.9. The maximum absolute atomic E-state index is 12.6. The number of amides is 1. The van der Waals surface area contributed by atoms with Gasteiger partial charge in [0.2, 0.25) is 15.9 Å². The second-order valence-electron chi connectivity index (χ2n) is 5.98. The van der Waals surface area contributed by atoms with Gasteiger partial charge < -0.3 is 9.32 Å². The molecule has 24 heavy (non-hydrogen) atoms. The van der Waals surface area contributed by atoms with Crippen LogP contribution in [-0.2, 0) is 21.4 Å². The first kappa shape index (κ1) is 16.7. The number of nitrogens with zero attached hydrogens (tertiary/aromatic N) is 3. The Bertz CT molecular complexity index is 936. The van der Waals surface area contributed by atoms with Gasteiger partial charge in [0.25, 0.3) is 0 Å². The van der Waals surface area contributed by atoms with E-state index in [0.717, 1.165) is 12.8 Å². The minimum Gasteiger partial charge on any atom is -0.408 e. The molecule has 0 unspecified atom stereocenters. The molecule has 0 N–H and O–H groups in total. The van der Waals surface area contributed by atoms with Crippen LogP contribution >= 0.6 is 0 Å². The Morgan fingerprint density at radius 2 is 1.92 bits per heavy atom. The number of rotatable bonds is 4. The van der Waals surface area contributed by atoms with Crippen LogP contribution in [-0.4, -0.2) is 55.3 Å². The molecule has 8 nitrogen and oxygen atoms in total. The van der Waals surface area contributed by atoms with Gasteiger partial charge in [-0.25, -0.2) is 13.2 Å². The van der Waals surface area contributed by atoms with Crippen molar-refractivity contribution in [1.29, 1.82) is 0 Å². The molecule has 1 fully saturated rings. The van der Waals surface area contributed by atoms with Crippen LogP contribution in [0.5, 0.6) is 0 Å². The second-order valence-corrected chi connectivity index (χ2v) is 7.92. The van der Waals surface area contributed by atoms with E-state index in [0.29, 0.717) is 18.6 Å². The lowest BCUT2D eigenvalue weighted by Crippen LogP contribution is -2.29. The first-order valence-corrected chi connectivity index (χ1v) is 9.08. The van der Waals surface area contributed by atoms with E-state index in [1.807, 2.05) is 0 Å². The molecule has 0 aliphatic carbocycles. The second kappa shape index (κ2) is 6.06. The molecule has 1 saturated heterocycles. The zero-order valence-electron chi connectivity index (χ0n) is 13.6. The Morgan fingerprint density at radius 1 is 1.25 bits per heavy atom. The highest BCUT2D eigenvalue weighted by molar-refractivity contribution is 7.89. The first-order chi connectivity index (χ1) is 11.3. The van der Waals surface area contributed by atoms with Crippen molar-refractivity contribution in [2.45, 2.75) is 24.3 Å². The number of hydrogen-bond donors (Lipinski definition) is 0. The number of hydrogen-bond acceptors (Lipinski definition) is 5. The molecule has 130 valence electrons. The number of aromatic nitrogens is 1. The smallest absolute Gasteiger partial charge is 0.408 e. The fourth-order valence-electron chi connectivity index (χ4n) is 2.71. The molecular formula is C15H19N3O5S. The molecule has 9 heteroatoms. The molecule has 2 heterocycles. The van der Waals surface area contributed by atoms with E-state index in [9.17, 15) is 18.0 Å². The molecule has 0 atom stereocenters. The summed E-state index contributed by atoms with van der Waals surface area (Å²) in [6.45, 7) is 0.850. The Morgan fingerprint density at radius 3 is 2.54 bits per heavy atom. The molecule has 1 aromatic heterocycles. The van der Waals surface area contributed by atoms with Crippen LogP contribution in [0.3, 0.4) is 0 Å². The van der Waals surface area contributed by atoms with Crippen LogP contribution < -0.4 is 5.76 Å². The van der Waals surface area contributed by atoms with E-state index >= 15 is 0 Å². The summed E-state index contributed by atoms with van der Waals surface area (Å²) in [4.78, 5) is 25.3. The molecule has 1 aliphatic heterocycles. The largest absolute Gasteiger partial charge is 0.420 e. The standard InChI is InChI=1S/C15H19N3O5S/c1-16(2)14(19)10-18-12-6-5-11(9-13(12)23-15(18)20)24(21,22)17-7-3-4-8-17/h5-6,9H,3-4,7-8,10H2,1-2H3. The number of benzene rings is 1. The zero-order chi connectivity index (χ0) is 17.5. The maximum Gasteiger partial charge on any atom is 0.420 e. The lowest BCUT2D eigenvalue weighted by molar-refractivity contribution is -0.129. The van der Waals surface area contributed by atoms with Crippen molar-refractivity contribution in [3.63, 3.8) is 0 Å². The van der Waals surface area contributed by atoms with Gasteiger partial charge in [-0.1, -0.05) is 0 Å². The summed E-state index contributed by atoms with van der Waals surface area (Å²) in [5.41, 5.74) is 0.558. The van der Waals surface area contributed by atoms with Gasteiger partial charge >= 0.3 is 5.76 Å². The Hall–Kier alpha value is -2.13. The quantitative estimate of drug-likeness (QED) is 0.796. The van der Waals surface area contributed by atoms with Gasteiger partial charge in [-0.3, -0.25) is 9.36 Å². The number of carbonyl (C=O) groups excluding carboxylic acids is 1. The van der Waals surface area contributed by atoms with Gasteiger partial charge in [-0.05, 0) is 25.0 Å². The SMILES string of the molecule is CN(C)C(=O)Cn1c(=O)oc2cc(S(=O)(=O)N3CCCC3)ccc21. The van der Waals surface area contributed by atoms with Gasteiger partial charge in [-0.15, -0.1) is 0 Å². The van der Waals surface area contributed by atoms with Gasteiger partial charge in [0.15, 0.2) is 5.58 Å². The molecule has 1 aromatic carbocycles. The number of oxazole rings is 1. The van der Waals surface area contributed by atoms with Gasteiger partial charge in [0.1, 0.15) is 6.54 Å². The van der Waals surface area contributed by atoms with E-state index in [1.54, 1.807) is 14.1 Å². The predicted octanol–water partition coefficient (Wildman–Crippen LogP) is 0.467. The molecular weight excluding hydrogens is 334 g/mol. The van der Waals surface area contributed by atoms with Crippen molar-refractivity contribution in [2.24, 2.45) is 0 Å². The van der Waals surface area contributed by atoms with E-state index in [1.165, 1.54) is 32.0 Å². The van der Waals surface area contributed by atoms with E-state index in [-0.39, 0.29) is 22.9 Å². The van der Waals surface area contributed by atoms with Crippen LogP contribution in [0.25, 0.3) is 11.1 Å². The minimum atomic E-state index is -3.58. The highest BCUT2D eigenvalue weighted by Gasteiger charge is 2.28. The van der Waals surface area contributed by atoms with Gasteiger partial charge in [0.05, 0.1) is 10.4 Å². The van der Waals surface area contributed by atoms with Crippen LogP contribution in [0.4, 0.5) is 0 Å². The summed E-state index contributed by atoms with van der Waals surface area (Å²) in [6, 6.07) is 4.30. The monoisotopic (exact) mass is 353 g/mol. The molecule has 2 aromatic rings. The highest BCUT2D eigenvalue weighted by Crippen LogP contribution is 2.24. The number of sulfonamides is 1. The molecule has 0 spiro atoms. The van der Waals surface area contributed by atoms with Crippen molar-refractivity contribution in [3.8, 4) is 0 Å². The summed E-state index contributed by atoms with van der Waals surface area (Å²) in [5, 5.41) is 0. The third-order valence-corrected chi connectivity index (χ3v) is 6.03. The summed E-state index contributed by atoms with van der Waals surface area (Å²) >= 11 is 0. The fourth-order valence-corrected chi connectivity index (χ4v) is 4.24. The molecule has 0 saturated carbocycles. The highest BCUT2D eigenvalue weighted by atomic mass is 32.2. The van der Waals surface area contributed by atoms with Crippen molar-refractivity contribution in [3.05, 3.63) is 28.7 Å². The van der Waals surface area contributed by atoms with Gasteiger partial charge in [0, 0.05) is 33.3 Å². The maximum atomic E-state index is 12.6. The topological polar surface area (TPSA) is 92.8 Å². The molecule has 1 aliphatic rings. The Kier molecular flexibility index (Phi) is 4.22. The van der Waals surface area contributed by atoms with Crippen molar-refractivity contribution >= 4 is 27.0 Å². The lowest BCUT2D eigenvalue weighted by Gasteiger charge is -2.15. The summed E-state index contributed by atoms with van der Waals surface area (Å²) in [6.07, 6.45) is 1.69. The Labute approximate surface area is 139 Å². The van der Waals surface area contributed by atoms with Crippen LogP contribution in [0.2, 0.25) is 0 Å². The van der Waals surface area contributed by atoms with Crippen molar-refractivity contribution in [2.75, 3.05) is 27.2 Å². The average molecular weight is 353 g/mol. The molecule has 1 amide bonds. The van der Waals surface area contributed by atoms with E-state index in [2.05, 4.69) is 0 Å². The summed E-state index contributed by atoms with van der Waals surface area (Å²) in [7, 11) is -0.396. The van der Waals surface area contributed by atoms with Gasteiger partial charge in [-0.2, -0.15) is 4.31 Å². The average Bonchev–Trinajstić information content (AvgIpc) is 3.16. The fraction of sp³-hybridized carbons (Fsp3) is 0.467. The molecule has 3 rings (SSSR count). The number of likely N-dealkylation sites (N-methyl/N-ethyl adjacent to an activating group) is 1. The number of carbonyl (C=O) groups is 1. The number of fused-ring (bicyclic) bond motifs is 1. The van der Waals surface area contributed by atoms with Crippen LogP contribution in [0, 0.1) is 0 Å². The lowest BCUT2D eigenvalue weighted by atomic mass is 10.3. The van der Waals surface area contributed by atoms with Crippen LogP contribution in [0.1, 0.15) is 12.8 Å². The minimum absolute atomic E-state index is 0.0942. The van der Waals surface area contributed by atoms with Crippen LogP contribution in [0.15, 0.2) is 32.3 Å². The third-order valence-electron chi connectivity index (χ3n) is 4.13. The first-order valence-electron chi connectivity index (χ1n) is 7.64. The predicted molar refractivity (Wildman–Crippen MR) is 87.2 cm³/mol. The molecule has 0 bridgehead atoms. The zero-order valence-corrected chi connectivity index (χ0v) is 14.4. The van der Waals surface area contributed by atoms with E-state index < -0.39 is 15.8 Å². The Balaban J connectivity index is 2.01. The normalized spacial score (nSPS) is 15.9. The molecule has 0 radical (unpaired) electrons. The summed E-state index contributed by atoms with van der Waals surface area (Å²) in [5.74, 6) is -0.940. The van der Waals surface area contributed by atoms with Crippen molar-refractivity contribution < 1.29 is 17.6 Å². The third kappa shape index (κ3) is 2.84. The van der Waals surface area contributed by atoms with Crippen molar-refractivity contribution in [1.82, 2.24) is 13.8 Å². The van der Waals surface area contributed by atoms with E-state index in [4.69, 9.17) is 4.42 Å².